The van der Waals surface area contributed by atoms with Gasteiger partial charge in [0.05, 0.1) is 18.2 Å². The van der Waals surface area contributed by atoms with Gasteiger partial charge in [-0.15, -0.1) is 0 Å². The number of hydrogen-bond donors (Lipinski definition) is 1. The van der Waals surface area contributed by atoms with Crippen LogP contribution in [0, 0.1) is 13.8 Å². The summed E-state index contributed by atoms with van der Waals surface area (Å²) in [5.74, 6) is -1.12. The SMILES string of the molecule is CCOc1ccc(/C(O)=C2\C(=O)C(=O)N(c3cc(Cl)cc(Cl)c3)C2c2ccccc2C)cc1C. The lowest BCUT2D eigenvalue weighted by Gasteiger charge is -2.27. The van der Waals surface area contributed by atoms with Crippen molar-refractivity contribution < 1.29 is 19.4 Å². The normalized spacial score (nSPS) is 17.3. The summed E-state index contributed by atoms with van der Waals surface area (Å²) < 4.78 is 5.59. The molecule has 174 valence electrons. The third-order valence-electron chi connectivity index (χ3n) is 5.80. The number of hydrogen-bond acceptors (Lipinski definition) is 4. The van der Waals surface area contributed by atoms with Gasteiger partial charge in [0.15, 0.2) is 0 Å². The summed E-state index contributed by atoms with van der Waals surface area (Å²) >= 11 is 12.4. The van der Waals surface area contributed by atoms with E-state index >= 15 is 0 Å². The average molecular weight is 496 g/mol. The van der Waals surface area contributed by atoms with Crippen molar-refractivity contribution in [1.82, 2.24) is 0 Å². The third kappa shape index (κ3) is 4.29. The van der Waals surface area contributed by atoms with Crippen molar-refractivity contribution in [3.8, 4) is 5.75 Å². The first-order chi connectivity index (χ1) is 16.2. The van der Waals surface area contributed by atoms with E-state index in [1.165, 1.54) is 4.90 Å². The third-order valence-corrected chi connectivity index (χ3v) is 6.24. The molecule has 1 aliphatic rings. The molecule has 0 saturated carbocycles. The number of benzene rings is 3. The van der Waals surface area contributed by atoms with Crippen LogP contribution in [0.5, 0.6) is 5.75 Å². The Morgan fingerprint density at radius 1 is 0.971 bits per heavy atom. The van der Waals surface area contributed by atoms with E-state index in [1.807, 2.05) is 45.0 Å². The van der Waals surface area contributed by atoms with E-state index in [0.717, 1.165) is 11.1 Å². The van der Waals surface area contributed by atoms with Crippen LogP contribution in [-0.4, -0.2) is 23.4 Å². The van der Waals surface area contributed by atoms with Crippen molar-refractivity contribution in [2.45, 2.75) is 26.8 Å². The van der Waals surface area contributed by atoms with Crippen molar-refractivity contribution in [2.24, 2.45) is 0 Å². The number of ketones is 1. The Kier molecular flexibility index (Phi) is 6.69. The lowest BCUT2D eigenvalue weighted by molar-refractivity contribution is -0.132. The average Bonchev–Trinajstić information content (AvgIpc) is 3.05. The molecule has 1 saturated heterocycles. The molecule has 34 heavy (non-hydrogen) atoms. The number of aryl methyl sites for hydroxylation is 2. The van der Waals surface area contributed by atoms with Crippen LogP contribution in [0.4, 0.5) is 5.69 Å². The maximum absolute atomic E-state index is 13.3. The van der Waals surface area contributed by atoms with Crippen LogP contribution in [0.3, 0.4) is 0 Å². The van der Waals surface area contributed by atoms with E-state index in [-0.39, 0.29) is 11.3 Å². The van der Waals surface area contributed by atoms with Gasteiger partial charge in [-0.2, -0.15) is 0 Å². The highest BCUT2D eigenvalue weighted by molar-refractivity contribution is 6.52. The van der Waals surface area contributed by atoms with Gasteiger partial charge in [0.25, 0.3) is 11.7 Å². The minimum Gasteiger partial charge on any atom is -0.507 e. The summed E-state index contributed by atoms with van der Waals surface area (Å²) in [6, 6.07) is 16.4. The molecule has 0 bridgehead atoms. The summed E-state index contributed by atoms with van der Waals surface area (Å²) in [6.07, 6.45) is 0. The second-order valence-corrected chi connectivity index (χ2v) is 8.94. The minimum atomic E-state index is -0.859. The molecule has 3 aromatic carbocycles. The van der Waals surface area contributed by atoms with Crippen molar-refractivity contribution in [3.63, 3.8) is 0 Å². The molecular weight excluding hydrogens is 473 g/mol. The second-order valence-electron chi connectivity index (χ2n) is 8.07. The van der Waals surface area contributed by atoms with Crippen molar-refractivity contribution in [1.29, 1.82) is 0 Å². The monoisotopic (exact) mass is 495 g/mol. The summed E-state index contributed by atoms with van der Waals surface area (Å²) in [4.78, 5) is 28.0. The van der Waals surface area contributed by atoms with Crippen molar-refractivity contribution in [3.05, 3.63) is 98.5 Å². The number of Topliss-reactive ketones (excluding diaryl/α,β-unsaturated/α-hetero) is 1. The van der Waals surface area contributed by atoms with Crippen LogP contribution >= 0.6 is 23.2 Å². The molecule has 0 spiro atoms. The standard InChI is InChI=1S/C27H23Cl2NO4/c1-4-34-22-10-9-17(11-16(22)3)25(31)23-24(21-8-6-5-7-15(21)2)30(27(33)26(23)32)20-13-18(28)12-19(29)14-20/h5-14,24,31H,4H2,1-3H3/b25-23+. The fourth-order valence-electron chi connectivity index (χ4n) is 4.23. The Balaban J connectivity index is 1.95. The number of anilines is 1. The van der Waals surface area contributed by atoms with Gasteiger partial charge in [0.1, 0.15) is 11.5 Å². The fraction of sp³-hybridized carbons (Fsp3) is 0.185. The Labute approximate surface area is 208 Å². The van der Waals surface area contributed by atoms with Crippen LogP contribution in [0.15, 0.2) is 66.2 Å². The van der Waals surface area contributed by atoms with Gasteiger partial charge in [0, 0.05) is 21.3 Å². The molecule has 1 N–H and O–H groups in total. The van der Waals surface area contributed by atoms with E-state index in [4.69, 9.17) is 27.9 Å². The number of amides is 1. The van der Waals surface area contributed by atoms with E-state index in [2.05, 4.69) is 0 Å². The predicted molar refractivity (Wildman–Crippen MR) is 135 cm³/mol. The Morgan fingerprint density at radius 2 is 1.65 bits per heavy atom. The molecule has 5 nitrogen and oxygen atoms in total. The number of nitrogens with zero attached hydrogens (tertiary/aromatic N) is 1. The molecule has 4 rings (SSSR count). The quantitative estimate of drug-likeness (QED) is 0.245. The Hall–Kier alpha value is -3.28. The number of ether oxygens (including phenoxy) is 1. The molecule has 0 radical (unpaired) electrons. The van der Waals surface area contributed by atoms with Crippen molar-refractivity contribution in [2.75, 3.05) is 11.5 Å². The van der Waals surface area contributed by atoms with E-state index in [1.54, 1.807) is 36.4 Å². The number of carbonyl (C=O) groups excluding carboxylic acids is 2. The van der Waals surface area contributed by atoms with Gasteiger partial charge < -0.3 is 9.84 Å². The highest BCUT2D eigenvalue weighted by atomic mass is 35.5. The molecule has 1 aliphatic heterocycles. The zero-order valence-corrected chi connectivity index (χ0v) is 20.4. The Bertz CT molecular complexity index is 1310. The maximum atomic E-state index is 13.3. The summed E-state index contributed by atoms with van der Waals surface area (Å²) in [5.41, 5.74) is 3.16. The molecule has 1 heterocycles. The van der Waals surface area contributed by atoms with E-state index in [9.17, 15) is 14.7 Å². The minimum absolute atomic E-state index is 0.000965. The van der Waals surface area contributed by atoms with Crippen LogP contribution in [-0.2, 0) is 9.59 Å². The number of aliphatic hydroxyl groups excluding tert-OH is 1. The number of aliphatic hydroxyl groups is 1. The molecule has 1 atom stereocenters. The first-order valence-electron chi connectivity index (χ1n) is 10.8. The Morgan fingerprint density at radius 3 is 2.26 bits per heavy atom. The number of carbonyl (C=O) groups is 2. The molecule has 1 amide bonds. The topological polar surface area (TPSA) is 66.8 Å². The highest BCUT2D eigenvalue weighted by Crippen LogP contribution is 2.44. The van der Waals surface area contributed by atoms with Gasteiger partial charge in [-0.3, -0.25) is 14.5 Å². The lowest BCUT2D eigenvalue weighted by Crippen LogP contribution is -2.29. The van der Waals surface area contributed by atoms with Crippen LogP contribution in [0.2, 0.25) is 10.0 Å². The first-order valence-corrected chi connectivity index (χ1v) is 11.5. The summed E-state index contributed by atoms with van der Waals surface area (Å²) in [7, 11) is 0. The number of halogens is 2. The largest absolute Gasteiger partial charge is 0.507 e. The molecule has 7 heteroatoms. The molecular formula is C27H23Cl2NO4. The van der Waals surface area contributed by atoms with Gasteiger partial charge in [-0.25, -0.2) is 0 Å². The van der Waals surface area contributed by atoms with E-state index < -0.39 is 17.7 Å². The number of rotatable bonds is 5. The fourth-order valence-corrected chi connectivity index (χ4v) is 4.75. The lowest BCUT2D eigenvalue weighted by atomic mass is 9.92. The zero-order chi connectivity index (χ0) is 24.6. The van der Waals surface area contributed by atoms with Gasteiger partial charge in [0.2, 0.25) is 0 Å². The molecule has 0 aromatic heterocycles. The first kappa shape index (κ1) is 23.9. The molecule has 0 aliphatic carbocycles. The van der Waals surface area contributed by atoms with Crippen molar-refractivity contribution >= 4 is 46.3 Å². The van der Waals surface area contributed by atoms with Crippen LogP contribution < -0.4 is 9.64 Å². The van der Waals surface area contributed by atoms with Gasteiger partial charge >= 0.3 is 0 Å². The predicted octanol–water partition coefficient (Wildman–Crippen LogP) is 6.64. The second kappa shape index (κ2) is 9.53. The van der Waals surface area contributed by atoms with Crippen LogP contribution in [0.25, 0.3) is 5.76 Å². The molecule has 3 aromatic rings. The molecule has 1 unspecified atom stereocenters. The van der Waals surface area contributed by atoms with Crippen LogP contribution in [0.1, 0.15) is 35.2 Å². The van der Waals surface area contributed by atoms with E-state index in [0.29, 0.717) is 39.2 Å². The molecule has 1 fully saturated rings. The zero-order valence-electron chi connectivity index (χ0n) is 18.9. The summed E-state index contributed by atoms with van der Waals surface area (Å²) in [6.45, 7) is 6.14. The van der Waals surface area contributed by atoms with Gasteiger partial charge in [-0.1, -0.05) is 47.5 Å². The smallest absolute Gasteiger partial charge is 0.300 e. The maximum Gasteiger partial charge on any atom is 0.300 e. The highest BCUT2D eigenvalue weighted by Gasteiger charge is 2.47. The summed E-state index contributed by atoms with van der Waals surface area (Å²) in [5, 5.41) is 12.0. The van der Waals surface area contributed by atoms with Gasteiger partial charge in [-0.05, 0) is 73.9 Å².